The van der Waals surface area contributed by atoms with Crippen LogP contribution >= 0.6 is 0 Å². The number of rotatable bonds is 1. The van der Waals surface area contributed by atoms with Gasteiger partial charge < -0.3 is 10.7 Å². The molecule has 4 aromatic rings. The molecule has 4 heteroatoms. The van der Waals surface area contributed by atoms with Gasteiger partial charge in [0.15, 0.2) is 5.78 Å². The van der Waals surface area contributed by atoms with Gasteiger partial charge in [0, 0.05) is 22.4 Å². The molecule has 5 rings (SSSR count). The minimum atomic E-state index is -0.0175. The fraction of sp³-hybridized carbons (Fsp3) is 0. The van der Waals surface area contributed by atoms with E-state index < -0.39 is 0 Å². The monoisotopic (exact) mass is 311 g/mol. The van der Waals surface area contributed by atoms with Gasteiger partial charge in [-0.2, -0.15) is 0 Å². The van der Waals surface area contributed by atoms with Gasteiger partial charge in [0.25, 0.3) is 0 Å². The van der Waals surface area contributed by atoms with E-state index in [0.717, 1.165) is 33.5 Å². The molecule has 0 saturated carbocycles. The first kappa shape index (κ1) is 13.1. The van der Waals surface area contributed by atoms with Gasteiger partial charge in [-0.3, -0.25) is 4.79 Å². The minimum absolute atomic E-state index is 0.0175. The number of aromatic nitrogens is 2. The van der Waals surface area contributed by atoms with Crippen molar-refractivity contribution >= 4 is 22.5 Å². The highest BCUT2D eigenvalue weighted by molar-refractivity contribution is 6.26. The van der Waals surface area contributed by atoms with Crippen LogP contribution in [0, 0.1) is 0 Å². The fourth-order valence-electron chi connectivity index (χ4n) is 3.48. The Morgan fingerprint density at radius 1 is 0.792 bits per heavy atom. The maximum Gasteiger partial charge on any atom is 0.196 e. The molecule has 4 nitrogen and oxygen atoms in total. The quantitative estimate of drug-likeness (QED) is 0.459. The molecule has 1 aliphatic rings. The summed E-state index contributed by atoms with van der Waals surface area (Å²) in [6.07, 6.45) is 0. The van der Waals surface area contributed by atoms with Gasteiger partial charge in [0.05, 0.1) is 16.6 Å². The summed E-state index contributed by atoms with van der Waals surface area (Å²) in [5, 5.41) is 0. The Kier molecular flexibility index (Phi) is 2.48. The molecule has 1 heterocycles. The number of carbonyl (C=O) groups is 1. The van der Waals surface area contributed by atoms with E-state index in [4.69, 9.17) is 5.73 Å². The van der Waals surface area contributed by atoms with Crippen LogP contribution in [0.25, 0.3) is 33.5 Å². The number of aromatic amines is 1. The largest absolute Gasteiger partial charge is 0.398 e. The van der Waals surface area contributed by atoms with Crippen molar-refractivity contribution in [2.75, 3.05) is 5.73 Å². The zero-order chi connectivity index (χ0) is 16.3. The van der Waals surface area contributed by atoms with E-state index in [2.05, 4.69) is 9.97 Å². The summed E-state index contributed by atoms with van der Waals surface area (Å²) >= 11 is 0. The summed E-state index contributed by atoms with van der Waals surface area (Å²) in [5.74, 6) is 0.743. The molecule has 1 aliphatic carbocycles. The Bertz CT molecular complexity index is 1110. The number of fused-ring (bicyclic) bond motifs is 4. The second-order valence-electron chi connectivity index (χ2n) is 5.93. The van der Waals surface area contributed by atoms with Crippen LogP contribution in [-0.4, -0.2) is 15.8 Å². The number of nitrogen functional groups attached to an aromatic ring is 1. The number of hydrogen-bond donors (Lipinski definition) is 2. The van der Waals surface area contributed by atoms with Crippen molar-refractivity contribution in [1.82, 2.24) is 9.97 Å². The predicted octanol–water partition coefficient (Wildman–Crippen LogP) is 4.02. The average Bonchev–Trinajstić information content (AvgIpc) is 3.16. The molecule has 3 N–H and O–H groups in total. The standard InChI is InChI=1S/C20H13N3O/c21-14-8-4-5-11-17-12(19(24)18(11)14)6-3-7-13(17)20-22-15-9-1-2-10-16(15)23-20/h1-10H,21H2,(H,22,23). The van der Waals surface area contributed by atoms with Gasteiger partial charge in [0.2, 0.25) is 0 Å². The minimum Gasteiger partial charge on any atom is -0.398 e. The van der Waals surface area contributed by atoms with Crippen LogP contribution < -0.4 is 5.73 Å². The van der Waals surface area contributed by atoms with Crippen LogP contribution in [0.5, 0.6) is 0 Å². The second-order valence-corrected chi connectivity index (χ2v) is 5.93. The number of ketones is 1. The lowest BCUT2D eigenvalue weighted by atomic mass is 9.99. The average molecular weight is 311 g/mol. The zero-order valence-electron chi connectivity index (χ0n) is 12.7. The lowest BCUT2D eigenvalue weighted by molar-refractivity contribution is 0.104. The number of H-pyrrole nitrogens is 1. The van der Waals surface area contributed by atoms with Crippen molar-refractivity contribution in [3.05, 3.63) is 71.8 Å². The number of benzene rings is 3. The van der Waals surface area contributed by atoms with Crippen LogP contribution in [0.1, 0.15) is 15.9 Å². The topological polar surface area (TPSA) is 71.8 Å². The number of nitrogens with one attached hydrogen (secondary N) is 1. The van der Waals surface area contributed by atoms with Crippen molar-refractivity contribution in [2.45, 2.75) is 0 Å². The number of imidazole rings is 1. The molecule has 114 valence electrons. The summed E-state index contributed by atoms with van der Waals surface area (Å²) in [5.41, 5.74) is 12.4. The number of para-hydroxylation sites is 2. The third-order valence-electron chi connectivity index (χ3n) is 4.55. The van der Waals surface area contributed by atoms with Crippen LogP contribution in [0.15, 0.2) is 60.7 Å². The first-order chi connectivity index (χ1) is 11.7. The maximum absolute atomic E-state index is 12.8. The third kappa shape index (κ3) is 1.62. The molecule has 0 saturated heterocycles. The summed E-state index contributed by atoms with van der Waals surface area (Å²) in [6.45, 7) is 0. The number of hydrogen-bond acceptors (Lipinski definition) is 3. The first-order valence-electron chi connectivity index (χ1n) is 7.76. The summed E-state index contributed by atoms with van der Waals surface area (Å²) in [7, 11) is 0. The molecule has 0 aliphatic heterocycles. The van der Waals surface area contributed by atoms with Gasteiger partial charge in [0.1, 0.15) is 5.82 Å². The molecule has 0 bridgehead atoms. The smallest absolute Gasteiger partial charge is 0.196 e. The molecular weight excluding hydrogens is 298 g/mol. The predicted molar refractivity (Wildman–Crippen MR) is 94.8 cm³/mol. The van der Waals surface area contributed by atoms with E-state index in [1.54, 1.807) is 6.07 Å². The Hall–Kier alpha value is -3.40. The number of nitrogens with two attached hydrogens (primary N) is 1. The molecule has 0 atom stereocenters. The lowest BCUT2D eigenvalue weighted by Crippen LogP contribution is -2.00. The molecule has 0 unspecified atom stereocenters. The molecule has 3 aromatic carbocycles. The van der Waals surface area contributed by atoms with E-state index >= 15 is 0 Å². The van der Waals surface area contributed by atoms with Gasteiger partial charge in [-0.15, -0.1) is 0 Å². The molecule has 0 radical (unpaired) electrons. The maximum atomic E-state index is 12.8. The van der Waals surface area contributed by atoms with Crippen LogP contribution in [0.2, 0.25) is 0 Å². The van der Waals surface area contributed by atoms with Crippen molar-refractivity contribution in [2.24, 2.45) is 0 Å². The summed E-state index contributed by atoms with van der Waals surface area (Å²) in [6, 6.07) is 19.2. The molecule has 0 amide bonds. The first-order valence-corrected chi connectivity index (χ1v) is 7.76. The zero-order valence-corrected chi connectivity index (χ0v) is 12.7. The van der Waals surface area contributed by atoms with Gasteiger partial charge in [-0.05, 0) is 23.8 Å². The second kappa shape index (κ2) is 4.55. The SMILES string of the molecule is Nc1cccc2c1C(=O)c1cccc(-c3nc4ccccc4[nH]3)c1-2. The Morgan fingerprint density at radius 3 is 2.42 bits per heavy atom. The lowest BCUT2D eigenvalue weighted by Gasteiger charge is -2.06. The molecule has 24 heavy (non-hydrogen) atoms. The van der Waals surface area contributed by atoms with Gasteiger partial charge in [-0.1, -0.05) is 42.5 Å². The van der Waals surface area contributed by atoms with E-state index in [9.17, 15) is 4.79 Å². The van der Waals surface area contributed by atoms with Gasteiger partial charge in [-0.25, -0.2) is 4.98 Å². The molecule has 0 fully saturated rings. The van der Waals surface area contributed by atoms with Gasteiger partial charge >= 0.3 is 0 Å². The van der Waals surface area contributed by atoms with Crippen molar-refractivity contribution in [3.8, 4) is 22.5 Å². The Morgan fingerprint density at radius 2 is 1.54 bits per heavy atom. The van der Waals surface area contributed by atoms with Crippen molar-refractivity contribution in [1.29, 1.82) is 0 Å². The summed E-state index contributed by atoms with van der Waals surface area (Å²) in [4.78, 5) is 20.8. The number of nitrogens with zero attached hydrogens (tertiary/aromatic N) is 1. The van der Waals surface area contributed by atoms with E-state index in [0.29, 0.717) is 16.8 Å². The highest BCUT2D eigenvalue weighted by Crippen LogP contribution is 2.44. The normalized spacial score (nSPS) is 12.4. The van der Waals surface area contributed by atoms with Crippen LogP contribution in [0.4, 0.5) is 5.69 Å². The van der Waals surface area contributed by atoms with E-state index in [-0.39, 0.29) is 5.78 Å². The van der Waals surface area contributed by atoms with Crippen LogP contribution in [-0.2, 0) is 0 Å². The van der Waals surface area contributed by atoms with Crippen molar-refractivity contribution < 1.29 is 4.79 Å². The van der Waals surface area contributed by atoms with E-state index in [1.165, 1.54) is 0 Å². The Balaban J connectivity index is 1.84. The highest BCUT2D eigenvalue weighted by Gasteiger charge is 2.31. The fourth-order valence-corrected chi connectivity index (χ4v) is 3.48. The summed E-state index contributed by atoms with van der Waals surface area (Å²) < 4.78 is 0. The molecular formula is C20H13N3O. The number of anilines is 1. The molecule has 1 aromatic heterocycles. The third-order valence-corrected chi connectivity index (χ3v) is 4.55. The van der Waals surface area contributed by atoms with Crippen LogP contribution in [0.3, 0.4) is 0 Å². The van der Waals surface area contributed by atoms with E-state index in [1.807, 2.05) is 54.6 Å². The molecule has 0 spiro atoms. The number of carbonyl (C=O) groups excluding carboxylic acids is 1. The highest BCUT2D eigenvalue weighted by atomic mass is 16.1. The van der Waals surface area contributed by atoms with Crippen molar-refractivity contribution in [3.63, 3.8) is 0 Å². The Labute approximate surface area is 138 Å².